The summed E-state index contributed by atoms with van der Waals surface area (Å²) in [5, 5.41) is 2.66. The number of esters is 1. The van der Waals surface area contributed by atoms with E-state index in [1.54, 1.807) is 30.8 Å². The van der Waals surface area contributed by atoms with Gasteiger partial charge in [-0.1, -0.05) is 29.8 Å². The maximum absolute atomic E-state index is 12.7. The lowest BCUT2D eigenvalue weighted by atomic mass is 10.3. The number of rotatable bonds is 5. The molecule has 0 bridgehead atoms. The van der Waals surface area contributed by atoms with Gasteiger partial charge in [-0.15, -0.1) is 0 Å². The van der Waals surface area contributed by atoms with Crippen LogP contribution < -0.4 is 10.9 Å². The molecule has 8 nitrogen and oxygen atoms in total. The van der Waals surface area contributed by atoms with Gasteiger partial charge >= 0.3 is 5.97 Å². The highest BCUT2D eigenvalue weighted by Crippen LogP contribution is 2.14. The van der Waals surface area contributed by atoms with E-state index in [1.165, 1.54) is 23.0 Å². The molecular formula is C19H17ClN4O4. The Bertz CT molecular complexity index is 1090. The topological polar surface area (TPSA) is 95.2 Å². The first kappa shape index (κ1) is 19.4. The summed E-state index contributed by atoms with van der Waals surface area (Å²) >= 11 is 5.72. The largest absolute Gasteiger partial charge is 0.452 e. The van der Waals surface area contributed by atoms with Crippen molar-refractivity contribution < 1.29 is 14.3 Å². The minimum atomic E-state index is -0.717. The number of benzene rings is 1. The summed E-state index contributed by atoms with van der Waals surface area (Å²) in [6.45, 7) is 1.17. The maximum atomic E-state index is 12.7. The van der Waals surface area contributed by atoms with Crippen LogP contribution in [-0.2, 0) is 16.6 Å². The molecule has 1 N–H and O–H groups in total. The van der Waals surface area contributed by atoms with E-state index < -0.39 is 18.5 Å². The van der Waals surface area contributed by atoms with Crippen LogP contribution in [0.3, 0.4) is 0 Å². The molecule has 0 atom stereocenters. The van der Waals surface area contributed by atoms with E-state index in [4.69, 9.17) is 16.3 Å². The lowest BCUT2D eigenvalue weighted by Crippen LogP contribution is -2.25. The van der Waals surface area contributed by atoms with Crippen molar-refractivity contribution in [3.05, 3.63) is 75.4 Å². The van der Waals surface area contributed by atoms with E-state index in [-0.39, 0.29) is 22.0 Å². The Morgan fingerprint density at radius 2 is 1.93 bits per heavy atom. The molecule has 0 unspecified atom stereocenters. The van der Waals surface area contributed by atoms with E-state index in [0.29, 0.717) is 11.4 Å². The lowest BCUT2D eigenvalue weighted by Gasteiger charge is -2.07. The number of nitrogens with one attached hydrogen (secondary N) is 1. The van der Waals surface area contributed by atoms with Crippen LogP contribution >= 0.6 is 11.6 Å². The summed E-state index contributed by atoms with van der Waals surface area (Å²) in [6.07, 6.45) is 1.36. The van der Waals surface area contributed by atoms with Crippen LogP contribution in [0, 0.1) is 6.92 Å². The summed E-state index contributed by atoms with van der Waals surface area (Å²) in [5.74, 6) is -1.34. The number of aromatic nitrogens is 3. The molecule has 0 aliphatic rings. The van der Waals surface area contributed by atoms with Crippen LogP contribution in [0.1, 0.15) is 16.1 Å². The fourth-order valence-corrected chi connectivity index (χ4v) is 2.81. The van der Waals surface area contributed by atoms with Crippen LogP contribution in [-0.4, -0.2) is 32.8 Å². The molecule has 3 aromatic rings. The molecule has 2 heterocycles. The zero-order chi connectivity index (χ0) is 20.3. The normalized spacial score (nSPS) is 10.5. The summed E-state index contributed by atoms with van der Waals surface area (Å²) in [6, 6.07) is 11.8. The number of carbonyl (C=O) groups is 2. The molecule has 2 aromatic heterocycles. The van der Waals surface area contributed by atoms with Gasteiger partial charge in [0.05, 0.1) is 16.9 Å². The Morgan fingerprint density at radius 3 is 2.61 bits per heavy atom. The number of carbonyl (C=O) groups excluding carboxylic acids is 2. The highest BCUT2D eigenvalue weighted by atomic mass is 35.5. The molecule has 0 fully saturated rings. The van der Waals surface area contributed by atoms with Gasteiger partial charge in [0.25, 0.3) is 11.5 Å². The van der Waals surface area contributed by atoms with Gasteiger partial charge in [-0.2, -0.15) is 0 Å². The zero-order valence-corrected chi connectivity index (χ0v) is 15.9. The number of hydrogen-bond donors (Lipinski definition) is 1. The smallest absolute Gasteiger partial charge is 0.338 e. The third kappa shape index (κ3) is 3.96. The second-order valence-electron chi connectivity index (χ2n) is 5.93. The van der Waals surface area contributed by atoms with Crippen LogP contribution in [0.15, 0.2) is 53.5 Å². The summed E-state index contributed by atoms with van der Waals surface area (Å²) < 4.78 is 8.04. The van der Waals surface area contributed by atoms with E-state index in [9.17, 15) is 14.4 Å². The Hall–Kier alpha value is -3.39. The van der Waals surface area contributed by atoms with Gasteiger partial charge < -0.3 is 10.1 Å². The van der Waals surface area contributed by atoms with Crippen LogP contribution in [0.2, 0.25) is 5.15 Å². The fraction of sp³-hybridized carbons (Fsp3) is 0.158. The predicted molar refractivity (Wildman–Crippen MR) is 104 cm³/mol. The van der Waals surface area contributed by atoms with Crippen molar-refractivity contribution in [2.75, 3.05) is 11.9 Å². The second-order valence-corrected chi connectivity index (χ2v) is 6.32. The van der Waals surface area contributed by atoms with Gasteiger partial charge in [0.15, 0.2) is 6.61 Å². The second kappa shape index (κ2) is 8.10. The number of halogens is 1. The van der Waals surface area contributed by atoms with Crippen molar-refractivity contribution in [3.63, 3.8) is 0 Å². The minimum Gasteiger partial charge on any atom is -0.452 e. The van der Waals surface area contributed by atoms with Gasteiger partial charge in [-0.3, -0.25) is 14.3 Å². The highest BCUT2D eigenvalue weighted by molar-refractivity contribution is 6.29. The number of pyridine rings is 1. The van der Waals surface area contributed by atoms with Crippen molar-refractivity contribution in [1.82, 2.24) is 14.3 Å². The standard InChI is InChI=1S/C19H17ClN4O4/c1-12-17(18(26)24(23(12)2)14-6-4-3-5-7-14)22-16(25)11-28-19(27)13-8-9-21-15(20)10-13/h3-10H,11H2,1-2H3,(H,22,25). The van der Waals surface area contributed by atoms with Crippen molar-refractivity contribution >= 4 is 29.2 Å². The van der Waals surface area contributed by atoms with E-state index >= 15 is 0 Å². The molecule has 0 spiro atoms. The number of ether oxygens (including phenoxy) is 1. The highest BCUT2D eigenvalue weighted by Gasteiger charge is 2.19. The first-order valence-corrected chi connectivity index (χ1v) is 8.69. The van der Waals surface area contributed by atoms with Gasteiger partial charge in [0.2, 0.25) is 0 Å². The average molecular weight is 401 g/mol. The van der Waals surface area contributed by atoms with Gasteiger partial charge in [0, 0.05) is 13.2 Å². The molecule has 0 saturated heterocycles. The first-order valence-electron chi connectivity index (χ1n) is 8.31. The Morgan fingerprint density at radius 1 is 1.21 bits per heavy atom. The van der Waals surface area contributed by atoms with Crippen molar-refractivity contribution in [1.29, 1.82) is 0 Å². The fourth-order valence-electron chi connectivity index (χ4n) is 2.63. The predicted octanol–water partition coefficient (Wildman–Crippen LogP) is 2.33. The monoisotopic (exact) mass is 400 g/mol. The molecular weight excluding hydrogens is 384 g/mol. The summed E-state index contributed by atoms with van der Waals surface area (Å²) in [4.78, 5) is 40.7. The molecule has 0 saturated carbocycles. The zero-order valence-electron chi connectivity index (χ0n) is 15.2. The van der Waals surface area contributed by atoms with Gasteiger partial charge in [0.1, 0.15) is 10.8 Å². The molecule has 3 rings (SSSR count). The average Bonchev–Trinajstić information content (AvgIpc) is 2.90. The van der Waals surface area contributed by atoms with Crippen molar-refractivity contribution in [2.24, 2.45) is 7.05 Å². The quantitative estimate of drug-likeness (QED) is 0.524. The number of amides is 1. The van der Waals surface area contributed by atoms with Crippen molar-refractivity contribution in [3.8, 4) is 5.69 Å². The van der Waals surface area contributed by atoms with Crippen LogP contribution in [0.5, 0.6) is 0 Å². The van der Waals surface area contributed by atoms with Crippen LogP contribution in [0.25, 0.3) is 5.69 Å². The van der Waals surface area contributed by atoms with Crippen LogP contribution in [0.4, 0.5) is 5.69 Å². The van der Waals surface area contributed by atoms with Crippen molar-refractivity contribution in [2.45, 2.75) is 6.92 Å². The number of para-hydroxylation sites is 1. The minimum absolute atomic E-state index is 0.124. The molecule has 9 heteroatoms. The summed E-state index contributed by atoms with van der Waals surface area (Å²) in [5.41, 5.74) is 1.15. The van der Waals surface area contributed by atoms with E-state index in [2.05, 4.69) is 10.3 Å². The Labute approximate surface area is 165 Å². The maximum Gasteiger partial charge on any atom is 0.338 e. The molecule has 0 radical (unpaired) electrons. The summed E-state index contributed by atoms with van der Waals surface area (Å²) in [7, 11) is 1.71. The molecule has 1 aromatic carbocycles. The molecule has 0 aliphatic carbocycles. The van der Waals surface area contributed by atoms with E-state index in [1.807, 2.05) is 18.2 Å². The Balaban J connectivity index is 1.73. The number of nitrogens with zero attached hydrogens (tertiary/aromatic N) is 3. The molecule has 144 valence electrons. The lowest BCUT2D eigenvalue weighted by molar-refractivity contribution is -0.119. The molecule has 28 heavy (non-hydrogen) atoms. The van der Waals surface area contributed by atoms with E-state index in [0.717, 1.165) is 0 Å². The van der Waals surface area contributed by atoms with Gasteiger partial charge in [-0.25, -0.2) is 14.5 Å². The SMILES string of the molecule is Cc1c(NC(=O)COC(=O)c2ccnc(Cl)c2)c(=O)n(-c2ccccc2)n1C. The molecule has 0 aliphatic heterocycles. The third-order valence-corrected chi connectivity index (χ3v) is 4.32. The first-order chi connectivity index (χ1) is 13.4. The number of anilines is 1. The third-order valence-electron chi connectivity index (χ3n) is 4.12. The van der Waals surface area contributed by atoms with Gasteiger partial charge in [-0.05, 0) is 31.2 Å². The number of hydrogen-bond acceptors (Lipinski definition) is 5. The molecule has 1 amide bonds. The Kier molecular flexibility index (Phi) is 5.60.